The lowest BCUT2D eigenvalue weighted by molar-refractivity contribution is 0.0918. The zero-order valence-electron chi connectivity index (χ0n) is 19.2. The van der Waals surface area contributed by atoms with Gasteiger partial charge in [0.25, 0.3) is 5.91 Å². The third-order valence-electron chi connectivity index (χ3n) is 6.37. The van der Waals surface area contributed by atoms with Crippen molar-refractivity contribution < 1.29 is 9.18 Å². The van der Waals surface area contributed by atoms with E-state index in [9.17, 15) is 9.18 Å². The van der Waals surface area contributed by atoms with Crippen molar-refractivity contribution in [3.05, 3.63) is 48.2 Å². The van der Waals surface area contributed by atoms with Crippen molar-refractivity contribution in [1.29, 1.82) is 0 Å². The maximum absolute atomic E-state index is 13.5. The molecule has 0 saturated heterocycles. The first-order chi connectivity index (χ1) is 15.3. The van der Waals surface area contributed by atoms with Gasteiger partial charge in [-0.3, -0.25) is 9.36 Å². The molecule has 1 aliphatic rings. The van der Waals surface area contributed by atoms with Crippen LogP contribution in [0.3, 0.4) is 0 Å². The number of fused-ring (bicyclic) bond motifs is 1. The van der Waals surface area contributed by atoms with E-state index in [1.807, 2.05) is 26.1 Å². The van der Waals surface area contributed by atoms with Crippen molar-refractivity contribution in [3.8, 4) is 5.82 Å². The minimum absolute atomic E-state index is 0.0993. The highest BCUT2D eigenvalue weighted by atomic mass is 19.1. The number of hydrogen-bond acceptors (Lipinski definition) is 4. The molecule has 1 amide bonds. The van der Waals surface area contributed by atoms with Crippen LogP contribution in [-0.4, -0.2) is 32.5 Å². The second-order valence-corrected chi connectivity index (χ2v) is 9.47. The van der Waals surface area contributed by atoms with Gasteiger partial charge in [0.2, 0.25) is 0 Å². The predicted octanol–water partition coefficient (Wildman–Crippen LogP) is 5.32. The van der Waals surface area contributed by atoms with Crippen molar-refractivity contribution in [3.63, 3.8) is 0 Å². The third-order valence-corrected chi connectivity index (χ3v) is 6.37. The number of pyridine rings is 2. The molecule has 0 aromatic carbocycles. The number of halogens is 1. The monoisotopic (exact) mass is 437 g/mol. The van der Waals surface area contributed by atoms with E-state index in [0.717, 1.165) is 37.3 Å². The fourth-order valence-corrected chi connectivity index (χ4v) is 4.56. The largest absolute Gasteiger partial charge is 0.382 e. The molecule has 0 atom stereocenters. The van der Waals surface area contributed by atoms with Crippen LogP contribution in [0.5, 0.6) is 0 Å². The Morgan fingerprint density at radius 3 is 2.53 bits per heavy atom. The summed E-state index contributed by atoms with van der Waals surface area (Å²) in [4.78, 5) is 21.9. The summed E-state index contributed by atoms with van der Waals surface area (Å²) in [5.41, 5.74) is 1.87. The van der Waals surface area contributed by atoms with Gasteiger partial charge in [-0.2, -0.15) is 0 Å². The minimum Gasteiger partial charge on any atom is -0.382 e. The first-order valence-corrected chi connectivity index (χ1v) is 11.5. The molecule has 0 spiro atoms. The Labute approximate surface area is 188 Å². The maximum atomic E-state index is 13.5. The number of nitrogens with one attached hydrogen (secondary N) is 2. The van der Waals surface area contributed by atoms with E-state index >= 15 is 0 Å². The molecule has 7 heteroatoms. The van der Waals surface area contributed by atoms with Crippen LogP contribution in [0.4, 0.5) is 10.1 Å². The van der Waals surface area contributed by atoms with Crippen LogP contribution in [0.15, 0.2) is 36.8 Å². The van der Waals surface area contributed by atoms with Crippen molar-refractivity contribution in [2.45, 2.75) is 65.5 Å². The lowest BCUT2D eigenvalue weighted by atomic mass is 9.79. The molecule has 2 N–H and O–H groups in total. The average Bonchev–Trinajstić information content (AvgIpc) is 3.16. The van der Waals surface area contributed by atoms with Crippen molar-refractivity contribution >= 4 is 22.6 Å². The molecule has 6 nitrogen and oxygen atoms in total. The van der Waals surface area contributed by atoms with Gasteiger partial charge in [0.1, 0.15) is 17.3 Å². The van der Waals surface area contributed by atoms with Crippen LogP contribution in [0.2, 0.25) is 0 Å². The molecule has 1 saturated carbocycles. The smallest absolute Gasteiger partial charge is 0.255 e. The summed E-state index contributed by atoms with van der Waals surface area (Å²) in [7, 11) is 0. The number of carbonyl (C=O) groups excluding carboxylic acids is 1. The van der Waals surface area contributed by atoms with Gasteiger partial charge in [0, 0.05) is 35.9 Å². The molecule has 170 valence electrons. The second-order valence-electron chi connectivity index (χ2n) is 9.47. The van der Waals surface area contributed by atoms with Gasteiger partial charge in [-0.05, 0) is 63.5 Å². The highest BCUT2D eigenvalue weighted by Gasteiger charge is 2.25. The van der Waals surface area contributed by atoms with E-state index < -0.39 is 0 Å². The van der Waals surface area contributed by atoms with Crippen molar-refractivity contribution in [2.75, 3.05) is 5.32 Å². The van der Waals surface area contributed by atoms with Gasteiger partial charge in [0.15, 0.2) is 0 Å². The standard InChI is InChI=1S/C25H32FN5O/c1-15(2)17-5-7-20(8-6-17)30-25(32)21-14-27-23(12-22(21)29-16(3)4)31-10-9-18-11-19(26)13-28-24(18)31/h9-17,20H,5-8H2,1-4H3,(H,27,29)(H,30,32). The van der Waals surface area contributed by atoms with Crippen molar-refractivity contribution in [2.24, 2.45) is 11.8 Å². The summed E-state index contributed by atoms with van der Waals surface area (Å²) < 4.78 is 15.3. The van der Waals surface area contributed by atoms with Gasteiger partial charge in [-0.15, -0.1) is 0 Å². The van der Waals surface area contributed by atoms with Gasteiger partial charge in [-0.1, -0.05) is 13.8 Å². The number of nitrogens with zero attached hydrogens (tertiary/aromatic N) is 3. The SMILES string of the molecule is CC(C)Nc1cc(-n2ccc3cc(F)cnc32)ncc1C(=O)NC1CCC(C(C)C)CC1. The fraction of sp³-hybridized carbons (Fsp3) is 0.480. The highest BCUT2D eigenvalue weighted by Crippen LogP contribution is 2.30. The Bertz CT molecular complexity index is 1100. The molecule has 0 radical (unpaired) electrons. The molecular formula is C25H32FN5O. The van der Waals surface area contributed by atoms with Crippen LogP contribution in [0.25, 0.3) is 16.9 Å². The average molecular weight is 438 g/mol. The third kappa shape index (κ3) is 4.76. The van der Waals surface area contributed by atoms with Gasteiger partial charge in [0.05, 0.1) is 17.4 Å². The highest BCUT2D eigenvalue weighted by molar-refractivity contribution is 5.99. The minimum atomic E-state index is -0.375. The Kier molecular flexibility index (Phi) is 6.44. The first kappa shape index (κ1) is 22.2. The molecule has 0 unspecified atom stereocenters. The molecule has 4 rings (SSSR count). The Balaban J connectivity index is 1.58. The molecule has 3 heterocycles. The zero-order valence-corrected chi connectivity index (χ0v) is 19.2. The van der Waals surface area contributed by atoms with E-state index in [1.54, 1.807) is 16.8 Å². The molecule has 0 aliphatic heterocycles. The normalized spacial score (nSPS) is 19.0. The Morgan fingerprint density at radius 2 is 1.84 bits per heavy atom. The van der Waals surface area contributed by atoms with Crippen molar-refractivity contribution in [1.82, 2.24) is 19.9 Å². The molecule has 3 aromatic rings. The van der Waals surface area contributed by atoms with E-state index in [-0.39, 0.29) is 23.8 Å². The summed E-state index contributed by atoms with van der Waals surface area (Å²) in [6.07, 6.45) is 8.98. The molecule has 32 heavy (non-hydrogen) atoms. The first-order valence-electron chi connectivity index (χ1n) is 11.5. The number of hydrogen-bond donors (Lipinski definition) is 2. The van der Waals surface area contributed by atoms with E-state index in [4.69, 9.17) is 0 Å². The van der Waals surface area contributed by atoms with Gasteiger partial charge >= 0.3 is 0 Å². The fourth-order valence-electron chi connectivity index (χ4n) is 4.56. The quantitative estimate of drug-likeness (QED) is 0.547. The molecular weight excluding hydrogens is 405 g/mol. The summed E-state index contributed by atoms with van der Waals surface area (Å²) in [6.45, 7) is 8.62. The second kappa shape index (κ2) is 9.27. The number of aromatic nitrogens is 3. The Hall–Kier alpha value is -2.96. The van der Waals surface area contributed by atoms with E-state index in [1.165, 1.54) is 12.3 Å². The summed E-state index contributed by atoms with van der Waals surface area (Å²) in [6, 6.07) is 5.46. The molecule has 3 aromatic heterocycles. The van der Waals surface area contributed by atoms with Crippen LogP contribution in [0, 0.1) is 17.7 Å². The predicted molar refractivity (Wildman–Crippen MR) is 126 cm³/mol. The lowest BCUT2D eigenvalue weighted by Crippen LogP contribution is -2.38. The number of carbonyl (C=O) groups is 1. The van der Waals surface area contributed by atoms with Crippen LogP contribution >= 0.6 is 0 Å². The summed E-state index contributed by atoms with van der Waals surface area (Å²) in [5, 5.41) is 7.30. The van der Waals surface area contributed by atoms with Crippen LogP contribution in [0.1, 0.15) is 63.7 Å². The number of amides is 1. The zero-order chi connectivity index (χ0) is 22.8. The van der Waals surface area contributed by atoms with E-state index in [2.05, 4.69) is 34.4 Å². The topological polar surface area (TPSA) is 71.8 Å². The molecule has 0 bridgehead atoms. The van der Waals surface area contributed by atoms with Gasteiger partial charge in [-0.25, -0.2) is 14.4 Å². The molecule has 1 fully saturated rings. The maximum Gasteiger partial charge on any atom is 0.255 e. The molecule has 1 aliphatic carbocycles. The summed E-state index contributed by atoms with van der Waals surface area (Å²) in [5.74, 6) is 1.59. The lowest BCUT2D eigenvalue weighted by Gasteiger charge is -2.31. The van der Waals surface area contributed by atoms with E-state index in [0.29, 0.717) is 28.3 Å². The van der Waals surface area contributed by atoms with Crippen LogP contribution in [-0.2, 0) is 0 Å². The van der Waals surface area contributed by atoms with Gasteiger partial charge < -0.3 is 10.6 Å². The number of anilines is 1. The Morgan fingerprint density at radius 1 is 1.09 bits per heavy atom. The number of rotatable bonds is 6. The van der Waals surface area contributed by atoms with Crippen LogP contribution < -0.4 is 10.6 Å². The summed E-state index contributed by atoms with van der Waals surface area (Å²) >= 11 is 0.